The van der Waals surface area contributed by atoms with E-state index >= 15 is 0 Å². The summed E-state index contributed by atoms with van der Waals surface area (Å²) in [5, 5.41) is 8.89. The Morgan fingerprint density at radius 2 is 2.43 bits per heavy atom. The van der Waals surface area contributed by atoms with E-state index in [4.69, 9.17) is 14.6 Å². The number of hydrogen-bond donors (Lipinski definition) is 1. The second-order valence-electron chi connectivity index (χ2n) is 3.09. The van der Waals surface area contributed by atoms with E-state index < -0.39 is 5.97 Å². The highest BCUT2D eigenvalue weighted by atomic mass is 16.7. The number of carbonyl (C=O) groups is 1. The van der Waals surface area contributed by atoms with Gasteiger partial charge in [0.25, 0.3) is 0 Å². The SMILES string of the molecule is COC1Cc2cccc(C(=O)O)c2O1. The van der Waals surface area contributed by atoms with Gasteiger partial charge in [-0.05, 0) is 6.07 Å². The molecule has 4 nitrogen and oxygen atoms in total. The minimum atomic E-state index is -0.974. The first-order valence-corrected chi connectivity index (χ1v) is 4.27. The van der Waals surface area contributed by atoms with Crippen LogP contribution >= 0.6 is 0 Å². The summed E-state index contributed by atoms with van der Waals surface area (Å²) in [6, 6.07) is 5.09. The van der Waals surface area contributed by atoms with Crippen LogP contribution in [0.1, 0.15) is 15.9 Å². The molecule has 1 heterocycles. The highest BCUT2D eigenvalue weighted by Crippen LogP contribution is 2.32. The van der Waals surface area contributed by atoms with Crippen LogP contribution in [0.15, 0.2) is 18.2 Å². The average molecular weight is 194 g/mol. The fourth-order valence-corrected chi connectivity index (χ4v) is 1.54. The Morgan fingerprint density at radius 3 is 3.07 bits per heavy atom. The maximum absolute atomic E-state index is 10.8. The first-order chi connectivity index (χ1) is 6.72. The minimum absolute atomic E-state index is 0.196. The fourth-order valence-electron chi connectivity index (χ4n) is 1.54. The number of rotatable bonds is 2. The average Bonchev–Trinajstić information content (AvgIpc) is 2.59. The van der Waals surface area contributed by atoms with Crippen molar-refractivity contribution in [3.05, 3.63) is 29.3 Å². The third kappa shape index (κ3) is 1.33. The van der Waals surface area contributed by atoms with Gasteiger partial charge in [-0.2, -0.15) is 0 Å². The van der Waals surface area contributed by atoms with Crippen molar-refractivity contribution in [3.8, 4) is 5.75 Å². The van der Waals surface area contributed by atoms with Crippen molar-refractivity contribution in [3.63, 3.8) is 0 Å². The van der Waals surface area contributed by atoms with E-state index in [-0.39, 0.29) is 11.9 Å². The van der Waals surface area contributed by atoms with Crippen molar-refractivity contribution in [2.75, 3.05) is 7.11 Å². The molecule has 1 aromatic carbocycles. The van der Waals surface area contributed by atoms with Gasteiger partial charge >= 0.3 is 5.97 Å². The normalized spacial score (nSPS) is 18.8. The molecule has 1 atom stereocenters. The molecule has 0 aromatic heterocycles. The summed E-state index contributed by atoms with van der Waals surface area (Å²) in [7, 11) is 1.54. The van der Waals surface area contributed by atoms with E-state index in [0.717, 1.165) is 5.56 Å². The van der Waals surface area contributed by atoms with Crippen LogP contribution in [0.4, 0.5) is 0 Å². The molecule has 0 aliphatic carbocycles. The van der Waals surface area contributed by atoms with Crippen LogP contribution in [-0.2, 0) is 11.2 Å². The molecule has 1 unspecified atom stereocenters. The van der Waals surface area contributed by atoms with Gasteiger partial charge in [0, 0.05) is 19.1 Å². The van der Waals surface area contributed by atoms with Gasteiger partial charge in [0.2, 0.25) is 6.29 Å². The number of carboxylic acid groups (broad SMARTS) is 1. The minimum Gasteiger partial charge on any atom is -0.478 e. The van der Waals surface area contributed by atoms with Gasteiger partial charge in [-0.25, -0.2) is 4.79 Å². The topological polar surface area (TPSA) is 55.8 Å². The molecule has 2 rings (SSSR count). The Bertz CT molecular complexity index is 372. The molecule has 0 fully saturated rings. The van der Waals surface area contributed by atoms with Crippen molar-refractivity contribution >= 4 is 5.97 Å². The molecule has 0 radical (unpaired) electrons. The fraction of sp³-hybridized carbons (Fsp3) is 0.300. The summed E-state index contributed by atoms with van der Waals surface area (Å²) >= 11 is 0. The predicted molar refractivity (Wildman–Crippen MR) is 48.5 cm³/mol. The number of aromatic carboxylic acids is 1. The number of carboxylic acids is 1. The van der Waals surface area contributed by atoms with Crippen LogP contribution in [0.2, 0.25) is 0 Å². The molecule has 1 aliphatic heterocycles. The molecule has 0 saturated heterocycles. The van der Waals surface area contributed by atoms with E-state index in [9.17, 15) is 4.79 Å². The van der Waals surface area contributed by atoms with Gasteiger partial charge in [0.05, 0.1) is 0 Å². The first-order valence-electron chi connectivity index (χ1n) is 4.27. The van der Waals surface area contributed by atoms with Crippen LogP contribution in [-0.4, -0.2) is 24.5 Å². The van der Waals surface area contributed by atoms with Crippen molar-refractivity contribution < 1.29 is 19.4 Å². The van der Waals surface area contributed by atoms with E-state index in [0.29, 0.717) is 12.2 Å². The lowest BCUT2D eigenvalue weighted by Crippen LogP contribution is -2.15. The highest BCUT2D eigenvalue weighted by molar-refractivity contribution is 5.91. The van der Waals surface area contributed by atoms with Gasteiger partial charge < -0.3 is 14.6 Å². The smallest absolute Gasteiger partial charge is 0.339 e. The zero-order chi connectivity index (χ0) is 10.1. The van der Waals surface area contributed by atoms with Crippen molar-refractivity contribution in [1.29, 1.82) is 0 Å². The summed E-state index contributed by atoms with van der Waals surface area (Å²) in [5.41, 5.74) is 1.08. The van der Waals surface area contributed by atoms with Crippen molar-refractivity contribution in [1.82, 2.24) is 0 Å². The maximum atomic E-state index is 10.8. The van der Waals surface area contributed by atoms with E-state index in [1.165, 1.54) is 13.2 Å². The molecule has 0 bridgehead atoms. The molecule has 74 valence electrons. The third-order valence-electron chi connectivity index (χ3n) is 2.23. The highest BCUT2D eigenvalue weighted by Gasteiger charge is 2.26. The number of para-hydroxylation sites is 1. The van der Waals surface area contributed by atoms with Crippen LogP contribution < -0.4 is 4.74 Å². The molecular weight excluding hydrogens is 184 g/mol. The van der Waals surface area contributed by atoms with Crippen molar-refractivity contribution in [2.45, 2.75) is 12.7 Å². The van der Waals surface area contributed by atoms with Crippen LogP contribution in [0.25, 0.3) is 0 Å². The van der Waals surface area contributed by atoms with Gasteiger partial charge in [-0.1, -0.05) is 12.1 Å². The summed E-state index contributed by atoms with van der Waals surface area (Å²) in [4.78, 5) is 10.8. The Balaban J connectivity index is 2.41. The lowest BCUT2D eigenvalue weighted by Gasteiger charge is -2.08. The van der Waals surface area contributed by atoms with Gasteiger partial charge in [0.15, 0.2) is 0 Å². The van der Waals surface area contributed by atoms with E-state index in [2.05, 4.69) is 0 Å². The van der Waals surface area contributed by atoms with Crippen LogP contribution in [0.5, 0.6) is 5.75 Å². The Hall–Kier alpha value is -1.55. The number of methoxy groups -OCH3 is 1. The van der Waals surface area contributed by atoms with Gasteiger partial charge in [-0.3, -0.25) is 0 Å². The number of fused-ring (bicyclic) bond motifs is 1. The van der Waals surface area contributed by atoms with Gasteiger partial charge in [-0.15, -0.1) is 0 Å². The molecular formula is C10H10O4. The molecule has 0 spiro atoms. The Morgan fingerprint density at radius 1 is 1.64 bits per heavy atom. The van der Waals surface area contributed by atoms with E-state index in [1.807, 2.05) is 6.07 Å². The second-order valence-corrected chi connectivity index (χ2v) is 3.09. The summed E-state index contributed by atoms with van der Waals surface area (Å²) in [6.07, 6.45) is 0.248. The zero-order valence-corrected chi connectivity index (χ0v) is 7.69. The molecule has 1 aromatic rings. The monoisotopic (exact) mass is 194 g/mol. The van der Waals surface area contributed by atoms with Crippen LogP contribution in [0.3, 0.4) is 0 Å². The van der Waals surface area contributed by atoms with E-state index in [1.54, 1.807) is 6.07 Å². The molecule has 14 heavy (non-hydrogen) atoms. The lowest BCUT2D eigenvalue weighted by atomic mass is 10.1. The number of ether oxygens (including phenoxy) is 2. The summed E-state index contributed by atoms with van der Waals surface area (Å²) in [5.74, 6) is -0.537. The molecule has 1 aliphatic rings. The number of hydrogen-bond acceptors (Lipinski definition) is 3. The van der Waals surface area contributed by atoms with Crippen LogP contribution in [0, 0.1) is 0 Å². The largest absolute Gasteiger partial charge is 0.478 e. The summed E-state index contributed by atoms with van der Waals surface area (Å²) in [6.45, 7) is 0. The quantitative estimate of drug-likeness (QED) is 0.770. The first kappa shape index (κ1) is 9.02. The maximum Gasteiger partial charge on any atom is 0.339 e. The Kier molecular flexibility index (Phi) is 2.13. The predicted octanol–water partition coefficient (Wildman–Crippen LogP) is 1.29. The molecule has 0 saturated carbocycles. The second kappa shape index (κ2) is 3.31. The standard InChI is InChI=1S/C10H10O4/c1-13-8-5-6-3-2-4-7(10(11)12)9(6)14-8/h2-4,8H,5H2,1H3,(H,11,12). The number of benzene rings is 1. The Labute approximate surface area is 81.1 Å². The molecule has 0 amide bonds. The zero-order valence-electron chi connectivity index (χ0n) is 7.69. The van der Waals surface area contributed by atoms with Gasteiger partial charge in [0.1, 0.15) is 11.3 Å². The lowest BCUT2D eigenvalue weighted by molar-refractivity contribution is -0.0371. The summed E-state index contributed by atoms with van der Waals surface area (Å²) < 4.78 is 10.4. The molecule has 4 heteroatoms. The third-order valence-corrected chi connectivity index (χ3v) is 2.23. The molecule has 1 N–H and O–H groups in total. The van der Waals surface area contributed by atoms with Crippen molar-refractivity contribution in [2.24, 2.45) is 0 Å².